The monoisotopic (exact) mass is 476 g/mol. The van der Waals surface area contributed by atoms with Gasteiger partial charge in [-0.1, -0.05) is 12.1 Å². The van der Waals surface area contributed by atoms with Crippen molar-refractivity contribution in [1.29, 1.82) is 0 Å². The van der Waals surface area contributed by atoms with E-state index < -0.39 is 4.92 Å². The van der Waals surface area contributed by atoms with Crippen LogP contribution in [0.1, 0.15) is 15.9 Å². The number of nitrogens with zero attached hydrogens (tertiary/aromatic N) is 7. The average Bonchev–Trinajstić information content (AvgIpc) is 3.48. The third-order valence-corrected chi connectivity index (χ3v) is 5.80. The number of non-ortho nitro benzene ring substituents is 1. The number of nitrogens with one attached hydrogen (secondary N) is 1. The zero-order valence-electron chi connectivity index (χ0n) is 17.5. The summed E-state index contributed by atoms with van der Waals surface area (Å²) in [7, 11) is 0. The molecule has 3 aromatic heterocycles. The molecule has 5 rings (SSSR count). The van der Waals surface area contributed by atoms with Crippen LogP contribution in [-0.4, -0.2) is 45.5 Å². The lowest BCUT2D eigenvalue weighted by Gasteiger charge is -2.08. The van der Waals surface area contributed by atoms with Crippen LogP contribution in [0.4, 0.5) is 5.69 Å². The predicted octanol–water partition coefficient (Wildman–Crippen LogP) is 1.98. The summed E-state index contributed by atoms with van der Waals surface area (Å²) >= 11 is 1.09. The lowest BCUT2D eigenvalue weighted by molar-refractivity contribution is -0.384. The molecule has 0 aliphatic rings. The van der Waals surface area contributed by atoms with Gasteiger partial charge >= 0.3 is 0 Å². The Morgan fingerprint density at radius 2 is 1.91 bits per heavy atom. The fraction of sp³-hybridized carbons (Fsp3) is 0.143. The smallest absolute Gasteiger partial charge is 0.269 e. The highest BCUT2D eigenvalue weighted by molar-refractivity contribution is 7.00. The van der Waals surface area contributed by atoms with E-state index in [1.165, 1.54) is 29.2 Å². The molecule has 34 heavy (non-hydrogen) atoms. The number of carbonyl (C=O) groups excluding carboxylic acids is 1. The minimum atomic E-state index is -0.475. The molecule has 0 radical (unpaired) electrons. The van der Waals surface area contributed by atoms with E-state index in [0.29, 0.717) is 28.7 Å². The van der Waals surface area contributed by atoms with Crippen molar-refractivity contribution in [3.63, 3.8) is 0 Å². The minimum absolute atomic E-state index is 0.0151. The van der Waals surface area contributed by atoms with Crippen LogP contribution in [0.15, 0.2) is 59.8 Å². The fourth-order valence-corrected chi connectivity index (χ4v) is 4.01. The van der Waals surface area contributed by atoms with E-state index >= 15 is 0 Å². The highest BCUT2D eigenvalue weighted by atomic mass is 32.1. The van der Waals surface area contributed by atoms with Crippen LogP contribution in [0.25, 0.3) is 22.1 Å². The Balaban J connectivity index is 1.26. The Hall–Kier alpha value is -4.52. The fourth-order valence-electron chi connectivity index (χ4n) is 3.49. The number of hydrogen-bond acceptors (Lipinski definition) is 9. The topological polar surface area (TPSA) is 151 Å². The van der Waals surface area contributed by atoms with E-state index in [-0.39, 0.29) is 30.2 Å². The summed E-state index contributed by atoms with van der Waals surface area (Å²) in [5.74, 6) is -0.246. The molecule has 1 N–H and O–H groups in total. The van der Waals surface area contributed by atoms with Crippen molar-refractivity contribution in [3.05, 3.63) is 86.6 Å². The van der Waals surface area contributed by atoms with Crippen LogP contribution in [0.2, 0.25) is 0 Å². The van der Waals surface area contributed by atoms with Crippen LogP contribution in [0.5, 0.6) is 0 Å². The summed E-state index contributed by atoms with van der Waals surface area (Å²) in [6.45, 7) is 0.838. The van der Waals surface area contributed by atoms with Crippen molar-refractivity contribution >= 4 is 45.4 Å². The minimum Gasteiger partial charge on any atom is -0.350 e. The van der Waals surface area contributed by atoms with Gasteiger partial charge in [-0.3, -0.25) is 24.3 Å². The van der Waals surface area contributed by atoms with Gasteiger partial charge in [-0.25, -0.2) is 9.67 Å². The first kappa shape index (κ1) is 21.3. The van der Waals surface area contributed by atoms with Gasteiger partial charge in [-0.05, 0) is 23.8 Å². The molecule has 0 saturated heterocycles. The summed E-state index contributed by atoms with van der Waals surface area (Å²) in [5, 5.41) is 18.2. The molecule has 13 heteroatoms. The van der Waals surface area contributed by atoms with Crippen LogP contribution >= 0.6 is 11.7 Å². The predicted molar refractivity (Wildman–Crippen MR) is 124 cm³/mol. The Morgan fingerprint density at radius 3 is 2.71 bits per heavy atom. The molecule has 3 heterocycles. The third kappa shape index (κ3) is 4.11. The summed E-state index contributed by atoms with van der Waals surface area (Å²) in [6, 6.07) is 11.1. The zero-order chi connectivity index (χ0) is 23.7. The van der Waals surface area contributed by atoms with Gasteiger partial charge in [0.15, 0.2) is 5.65 Å². The number of amides is 1. The molecule has 1 amide bonds. The molecule has 0 saturated carbocycles. The van der Waals surface area contributed by atoms with Gasteiger partial charge in [0.25, 0.3) is 17.2 Å². The molecule has 0 atom stereocenters. The van der Waals surface area contributed by atoms with Crippen molar-refractivity contribution in [2.75, 3.05) is 6.54 Å². The SMILES string of the molecule is O=C(NCCn1ncc2c(=O)n(Cc3ccc([N+](=O)[O-])cc3)cnc21)c1ccc2nsnc2c1. The molecular formula is C21H16N8O4S. The van der Waals surface area contributed by atoms with Gasteiger partial charge in [0.05, 0.1) is 35.9 Å². The second kappa shape index (κ2) is 8.78. The van der Waals surface area contributed by atoms with Gasteiger partial charge in [0, 0.05) is 24.2 Å². The largest absolute Gasteiger partial charge is 0.350 e. The first-order valence-electron chi connectivity index (χ1n) is 10.1. The molecule has 0 spiro atoms. The lowest BCUT2D eigenvalue weighted by Crippen LogP contribution is -2.27. The number of carbonyl (C=O) groups is 1. The Morgan fingerprint density at radius 1 is 1.12 bits per heavy atom. The second-order valence-electron chi connectivity index (χ2n) is 7.43. The Labute approximate surface area is 195 Å². The van der Waals surface area contributed by atoms with Gasteiger partial charge in [-0.15, -0.1) is 0 Å². The van der Waals surface area contributed by atoms with E-state index in [1.54, 1.807) is 35.0 Å². The molecule has 0 bridgehead atoms. The van der Waals surface area contributed by atoms with Crippen molar-refractivity contribution < 1.29 is 9.72 Å². The van der Waals surface area contributed by atoms with E-state index in [9.17, 15) is 19.7 Å². The standard InChI is InChI=1S/C21H16N8O4S/c30-20(14-3-6-17-18(9-14)26-34-25-17)22-7-8-28-19-16(10-24-28)21(31)27(12-23-19)11-13-1-4-15(5-2-13)29(32)33/h1-6,9-10,12H,7-8,11H2,(H,22,30). The van der Waals surface area contributed by atoms with Gasteiger partial charge in [-0.2, -0.15) is 13.8 Å². The Kier molecular flexibility index (Phi) is 5.51. The van der Waals surface area contributed by atoms with Crippen molar-refractivity contribution in [2.45, 2.75) is 13.1 Å². The number of benzene rings is 2. The summed E-state index contributed by atoms with van der Waals surface area (Å²) in [5.41, 5.74) is 2.75. The summed E-state index contributed by atoms with van der Waals surface area (Å²) < 4.78 is 11.2. The van der Waals surface area contributed by atoms with E-state index in [4.69, 9.17) is 0 Å². The molecule has 170 valence electrons. The van der Waals surface area contributed by atoms with E-state index in [2.05, 4.69) is 24.1 Å². The van der Waals surface area contributed by atoms with Gasteiger partial charge in [0.2, 0.25) is 0 Å². The molecule has 0 unspecified atom stereocenters. The number of hydrogen-bond donors (Lipinski definition) is 1. The quantitative estimate of drug-likeness (QED) is 0.277. The maximum atomic E-state index is 12.9. The first-order chi connectivity index (χ1) is 16.5. The molecule has 5 aromatic rings. The number of nitro groups is 1. The molecule has 0 aliphatic heterocycles. The highest BCUT2D eigenvalue weighted by Gasteiger charge is 2.12. The van der Waals surface area contributed by atoms with E-state index in [0.717, 1.165) is 22.8 Å². The average molecular weight is 476 g/mol. The first-order valence-corrected chi connectivity index (χ1v) is 10.9. The van der Waals surface area contributed by atoms with Crippen LogP contribution in [0.3, 0.4) is 0 Å². The van der Waals surface area contributed by atoms with Crippen molar-refractivity contribution in [1.82, 2.24) is 33.4 Å². The highest BCUT2D eigenvalue weighted by Crippen LogP contribution is 2.14. The normalized spacial score (nSPS) is 11.2. The van der Waals surface area contributed by atoms with Gasteiger partial charge < -0.3 is 5.32 Å². The van der Waals surface area contributed by atoms with Crippen LogP contribution < -0.4 is 10.9 Å². The number of fused-ring (bicyclic) bond motifs is 2. The number of aromatic nitrogens is 6. The number of nitro benzene ring substituents is 1. The van der Waals surface area contributed by atoms with Crippen molar-refractivity contribution in [2.24, 2.45) is 0 Å². The molecule has 0 aliphatic carbocycles. The van der Waals surface area contributed by atoms with E-state index in [1.807, 2.05) is 0 Å². The maximum Gasteiger partial charge on any atom is 0.269 e. The third-order valence-electron chi connectivity index (χ3n) is 5.25. The van der Waals surface area contributed by atoms with Crippen molar-refractivity contribution in [3.8, 4) is 0 Å². The zero-order valence-corrected chi connectivity index (χ0v) is 18.3. The maximum absolute atomic E-state index is 12.9. The summed E-state index contributed by atoms with van der Waals surface area (Å²) in [4.78, 5) is 40.0. The van der Waals surface area contributed by atoms with Gasteiger partial charge in [0.1, 0.15) is 22.7 Å². The molecule has 0 fully saturated rings. The summed E-state index contributed by atoms with van der Waals surface area (Å²) in [6.07, 6.45) is 2.86. The molecular weight excluding hydrogens is 460 g/mol. The second-order valence-corrected chi connectivity index (χ2v) is 7.96. The number of rotatable bonds is 7. The lowest BCUT2D eigenvalue weighted by atomic mass is 10.2. The van der Waals surface area contributed by atoms with Crippen LogP contribution in [-0.2, 0) is 13.1 Å². The Bertz CT molecular complexity index is 1590. The molecule has 2 aromatic carbocycles. The molecule has 12 nitrogen and oxygen atoms in total. The van der Waals surface area contributed by atoms with Crippen LogP contribution in [0, 0.1) is 10.1 Å².